The molecule has 128 valence electrons. The van der Waals surface area contributed by atoms with Crippen molar-refractivity contribution in [3.8, 4) is 0 Å². The van der Waals surface area contributed by atoms with Gasteiger partial charge in [0.2, 0.25) is 5.89 Å². The molecule has 1 unspecified atom stereocenters. The van der Waals surface area contributed by atoms with E-state index in [-0.39, 0.29) is 0 Å². The molecular formula is C19H25N3O2. The van der Waals surface area contributed by atoms with Gasteiger partial charge in [0.1, 0.15) is 0 Å². The molecule has 4 rings (SSSR count). The Morgan fingerprint density at radius 1 is 1.25 bits per heavy atom. The number of aromatic nitrogens is 2. The summed E-state index contributed by atoms with van der Waals surface area (Å²) in [5, 5.41) is 4.16. The molecule has 1 atom stereocenters. The first-order chi connectivity index (χ1) is 11.7. The quantitative estimate of drug-likeness (QED) is 0.864. The van der Waals surface area contributed by atoms with E-state index in [0.717, 1.165) is 51.0 Å². The molecule has 0 radical (unpaired) electrons. The largest absolute Gasteiger partial charge is 0.381 e. The van der Waals surface area contributed by atoms with Gasteiger partial charge in [-0.2, -0.15) is 4.98 Å². The van der Waals surface area contributed by atoms with Crippen LogP contribution in [0.2, 0.25) is 0 Å². The third kappa shape index (κ3) is 3.37. The van der Waals surface area contributed by atoms with E-state index in [1.165, 1.54) is 30.4 Å². The number of nitrogens with zero attached hydrogens (tertiary/aromatic N) is 3. The zero-order valence-corrected chi connectivity index (χ0v) is 14.3. The fourth-order valence-electron chi connectivity index (χ4n) is 3.99. The van der Waals surface area contributed by atoms with Crippen molar-refractivity contribution in [2.24, 2.45) is 5.41 Å². The summed E-state index contributed by atoms with van der Waals surface area (Å²) >= 11 is 0. The minimum absolute atomic E-state index is 0.363. The molecule has 1 aromatic heterocycles. The van der Waals surface area contributed by atoms with Gasteiger partial charge >= 0.3 is 0 Å². The first-order valence-electron chi connectivity index (χ1n) is 8.89. The van der Waals surface area contributed by atoms with Crippen molar-refractivity contribution in [2.45, 2.75) is 39.2 Å². The van der Waals surface area contributed by atoms with Crippen molar-refractivity contribution < 1.29 is 9.26 Å². The van der Waals surface area contributed by atoms with Gasteiger partial charge in [-0.3, -0.25) is 4.90 Å². The van der Waals surface area contributed by atoms with Gasteiger partial charge in [0, 0.05) is 25.0 Å². The Labute approximate surface area is 143 Å². The molecule has 0 aliphatic carbocycles. The highest BCUT2D eigenvalue weighted by molar-refractivity contribution is 5.27. The smallest absolute Gasteiger partial charge is 0.240 e. The molecule has 0 N–H and O–H groups in total. The topological polar surface area (TPSA) is 51.4 Å². The average Bonchev–Trinajstić information content (AvgIpc) is 3.18. The van der Waals surface area contributed by atoms with Crippen LogP contribution >= 0.6 is 0 Å². The van der Waals surface area contributed by atoms with E-state index >= 15 is 0 Å². The summed E-state index contributed by atoms with van der Waals surface area (Å²) in [6, 6.07) is 8.35. The number of ether oxygens (including phenoxy) is 1. The van der Waals surface area contributed by atoms with Crippen LogP contribution in [0.3, 0.4) is 0 Å². The first-order valence-corrected chi connectivity index (χ1v) is 8.89. The normalized spacial score (nSPS) is 24.7. The highest BCUT2D eigenvalue weighted by Crippen LogP contribution is 2.38. The van der Waals surface area contributed by atoms with Crippen LogP contribution in [0, 0.1) is 12.3 Å². The molecular weight excluding hydrogens is 302 g/mol. The molecule has 2 aromatic rings. The standard InChI is InChI=1S/C19H25N3O2/c1-15-5-2-3-6-16(15)11-17-20-18(24-21-17)12-22-9-8-19(13-22)7-4-10-23-14-19/h2-3,5-6H,4,7-14H2,1H3. The van der Waals surface area contributed by atoms with Crippen molar-refractivity contribution in [3.05, 3.63) is 47.1 Å². The summed E-state index contributed by atoms with van der Waals surface area (Å²) in [5.41, 5.74) is 2.88. The summed E-state index contributed by atoms with van der Waals surface area (Å²) in [5.74, 6) is 1.50. The van der Waals surface area contributed by atoms with Crippen molar-refractivity contribution in [1.29, 1.82) is 0 Å². The van der Waals surface area contributed by atoms with E-state index < -0.39 is 0 Å². The van der Waals surface area contributed by atoms with E-state index in [4.69, 9.17) is 9.26 Å². The lowest BCUT2D eigenvalue weighted by atomic mass is 9.82. The molecule has 24 heavy (non-hydrogen) atoms. The van der Waals surface area contributed by atoms with Crippen LogP contribution in [0.15, 0.2) is 28.8 Å². The van der Waals surface area contributed by atoms with E-state index in [2.05, 4.69) is 46.2 Å². The zero-order chi connectivity index (χ0) is 16.4. The zero-order valence-electron chi connectivity index (χ0n) is 14.3. The number of likely N-dealkylation sites (tertiary alicyclic amines) is 1. The second kappa shape index (κ2) is 6.65. The molecule has 5 nitrogen and oxygen atoms in total. The maximum atomic E-state index is 5.71. The van der Waals surface area contributed by atoms with Crippen molar-refractivity contribution in [1.82, 2.24) is 15.0 Å². The van der Waals surface area contributed by atoms with Crippen LogP contribution in [-0.2, 0) is 17.7 Å². The maximum Gasteiger partial charge on any atom is 0.240 e. The van der Waals surface area contributed by atoms with Gasteiger partial charge in [0.05, 0.1) is 13.2 Å². The predicted molar refractivity (Wildman–Crippen MR) is 90.7 cm³/mol. The molecule has 3 heterocycles. The Morgan fingerprint density at radius 2 is 2.17 bits per heavy atom. The van der Waals surface area contributed by atoms with Gasteiger partial charge < -0.3 is 9.26 Å². The van der Waals surface area contributed by atoms with Gasteiger partial charge in [0.15, 0.2) is 5.82 Å². The molecule has 0 saturated carbocycles. The summed E-state index contributed by atoms with van der Waals surface area (Å²) in [6.45, 7) is 6.88. The fourth-order valence-corrected chi connectivity index (χ4v) is 3.99. The van der Waals surface area contributed by atoms with E-state index in [1.807, 2.05) is 0 Å². The average molecular weight is 327 g/mol. The lowest BCUT2D eigenvalue weighted by Gasteiger charge is -2.33. The van der Waals surface area contributed by atoms with Crippen LogP contribution < -0.4 is 0 Å². The number of hydrogen-bond acceptors (Lipinski definition) is 5. The van der Waals surface area contributed by atoms with Crippen LogP contribution in [0.5, 0.6) is 0 Å². The van der Waals surface area contributed by atoms with Crippen LogP contribution in [-0.4, -0.2) is 41.3 Å². The molecule has 2 aliphatic rings. The van der Waals surface area contributed by atoms with Crippen molar-refractivity contribution >= 4 is 0 Å². The number of hydrogen-bond donors (Lipinski definition) is 0. The Hall–Kier alpha value is -1.72. The maximum absolute atomic E-state index is 5.71. The second-order valence-electron chi connectivity index (χ2n) is 7.32. The van der Waals surface area contributed by atoms with E-state index in [0.29, 0.717) is 5.41 Å². The number of benzene rings is 1. The molecule has 2 fully saturated rings. The Bertz CT molecular complexity index is 691. The lowest BCUT2D eigenvalue weighted by molar-refractivity contribution is -0.00288. The van der Waals surface area contributed by atoms with Crippen LogP contribution in [0.1, 0.15) is 42.1 Å². The molecule has 5 heteroatoms. The van der Waals surface area contributed by atoms with Gasteiger partial charge in [-0.1, -0.05) is 29.4 Å². The third-order valence-corrected chi connectivity index (χ3v) is 5.40. The molecule has 2 saturated heterocycles. The summed E-state index contributed by atoms with van der Waals surface area (Å²) in [6.07, 6.45) is 4.42. The molecule has 0 amide bonds. The molecule has 1 spiro atoms. The Balaban J connectivity index is 1.37. The van der Waals surface area contributed by atoms with Crippen molar-refractivity contribution in [2.75, 3.05) is 26.3 Å². The van der Waals surface area contributed by atoms with Gasteiger partial charge in [-0.05, 0) is 43.9 Å². The fraction of sp³-hybridized carbons (Fsp3) is 0.579. The van der Waals surface area contributed by atoms with Gasteiger partial charge in [-0.15, -0.1) is 0 Å². The lowest BCUT2D eigenvalue weighted by Crippen LogP contribution is -2.34. The summed E-state index contributed by atoms with van der Waals surface area (Å²) in [4.78, 5) is 7.02. The number of rotatable bonds is 4. The summed E-state index contributed by atoms with van der Waals surface area (Å²) in [7, 11) is 0. The Kier molecular flexibility index (Phi) is 4.37. The minimum Gasteiger partial charge on any atom is -0.381 e. The first kappa shape index (κ1) is 15.8. The highest BCUT2D eigenvalue weighted by atomic mass is 16.5. The molecule has 2 aliphatic heterocycles. The van der Waals surface area contributed by atoms with E-state index in [9.17, 15) is 0 Å². The van der Waals surface area contributed by atoms with Crippen LogP contribution in [0.4, 0.5) is 0 Å². The molecule has 1 aromatic carbocycles. The van der Waals surface area contributed by atoms with Gasteiger partial charge in [0.25, 0.3) is 0 Å². The minimum atomic E-state index is 0.363. The third-order valence-electron chi connectivity index (χ3n) is 5.40. The summed E-state index contributed by atoms with van der Waals surface area (Å²) < 4.78 is 11.2. The van der Waals surface area contributed by atoms with Crippen LogP contribution in [0.25, 0.3) is 0 Å². The highest BCUT2D eigenvalue weighted by Gasteiger charge is 2.39. The van der Waals surface area contributed by atoms with E-state index in [1.54, 1.807) is 0 Å². The number of aryl methyl sites for hydroxylation is 1. The van der Waals surface area contributed by atoms with Crippen molar-refractivity contribution in [3.63, 3.8) is 0 Å². The SMILES string of the molecule is Cc1ccccc1Cc1noc(CN2CCC3(CCCOC3)C2)n1. The monoisotopic (exact) mass is 327 g/mol. The predicted octanol–water partition coefficient (Wildman–Crippen LogP) is 2.97. The van der Waals surface area contributed by atoms with Gasteiger partial charge in [-0.25, -0.2) is 0 Å². The second-order valence-corrected chi connectivity index (χ2v) is 7.32. The Morgan fingerprint density at radius 3 is 3.00 bits per heavy atom. The molecule has 0 bridgehead atoms.